The number of fused-ring (bicyclic) bond motifs is 1. The molecule has 1 aromatic carbocycles. The highest BCUT2D eigenvalue weighted by Crippen LogP contribution is 2.30. The first-order valence-electron chi connectivity index (χ1n) is 12.2. The van der Waals surface area contributed by atoms with Crippen molar-refractivity contribution in [2.24, 2.45) is 5.92 Å². The number of pyridine rings is 1. The lowest BCUT2D eigenvalue weighted by Crippen LogP contribution is -2.50. The Morgan fingerprint density at radius 3 is 2.44 bits per heavy atom. The maximum Gasteiger partial charge on any atom is 0.259 e. The van der Waals surface area contributed by atoms with Gasteiger partial charge < -0.3 is 24.5 Å². The molecule has 3 amide bonds. The minimum Gasteiger partial charge on any atom is -0.472 e. The van der Waals surface area contributed by atoms with Crippen molar-refractivity contribution in [3.8, 4) is 17.0 Å². The minimum absolute atomic E-state index is 0.00393. The molecule has 194 valence electrons. The molecule has 2 aromatic rings. The van der Waals surface area contributed by atoms with Crippen LogP contribution in [-0.2, 0) is 4.79 Å². The molecule has 0 unspecified atom stereocenters. The van der Waals surface area contributed by atoms with Crippen molar-refractivity contribution >= 4 is 17.7 Å². The molecular weight excluding hydrogens is 460 g/mol. The number of benzene rings is 1. The second-order valence-corrected chi connectivity index (χ2v) is 9.60. The molecule has 0 aliphatic carbocycles. The second-order valence-electron chi connectivity index (χ2n) is 9.60. The van der Waals surface area contributed by atoms with Crippen LogP contribution >= 0.6 is 0 Å². The van der Waals surface area contributed by atoms with Crippen molar-refractivity contribution in [2.45, 2.75) is 39.3 Å². The lowest BCUT2D eigenvalue weighted by Gasteiger charge is -2.37. The third-order valence-electron chi connectivity index (χ3n) is 6.57. The Morgan fingerprint density at radius 1 is 1.19 bits per heavy atom. The number of carbonyl (C=O) groups is 3. The van der Waals surface area contributed by atoms with Crippen molar-refractivity contribution in [1.82, 2.24) is 19.7 Å². The van der Waals surface area contributed by atoms with Crippen molar-refractivity contribution in [2.75, 3.05) is 40.8 Å². The van der Waals surface area contributed by atoms with Gasteiger partial charge in [-0.1, -0.05) is 26.0 Å². The van der Waals surface area contributed by atoms with Crippen LogP contribution in [0.1, 0.15) is 47.9 Å². The number of aromatic nitrogens is 1. The average molecular weight is 497 g/mol. The third-order valence-corrected chi connectivity index (χ3v) is 6.57. The first-order chi connectivity index (χ1) is 17.1. The topological polar surface area (TPSA) is 103 Å². The molecule has 1 aliphatic heterocycles. The summed E-state index contributed by atoms with van der Waals surface area (Å²) in [6, 6.07) is 8.45. The Hall–Kier alpha value is -3.46. The molecule has 1 aromatic heterocycles. The summed E-state index contributed by atoms with van der Waals surface area (Å²) in [6.45, 7) is 6.12. The summed E-state index contributed by atoms with van der Waals surface area (Å²) in [5, 5.41) is 9.83. The first-order valence-corrected chi connectivity index (χ1v) is 12.2. The highest BCUT2D eigenvalue weighted by Gasteiger charge is 2.34. The highest BCUT2D eigenvalue weighted by molar-refractivity contribution is 5.98. The molecule has 9 nitrogen and oxygen atoms in total. The molecule has 0 bridgehead atoms. The van der Waals surface area contributed by atoms with Gasteiger partial charge in [0.15, 0.2) is 0 Å². The van der Waals surface area contributed by atoms with Gasteiger partial charge in [-0.2, -0.15) is 0 Å². The Morgan fingerprint density at radius 2 is 1.86 bits per heavy atom. The van der Waals surface area contributed by atoms with Gasteiger partial charge in [0.25, 0.3) is 11.8 Å². The molecule has 9 heteroatoms. The number of amides is 3. The fraction of sp³-hybridized carbons (Fsp3) is 0.481. The highest BCUT2D eigenvalue weighted by atomic mass is 16.5. The van der Waals surface area contributed by atoms with Crippen LogP contribution in [0.2, 0.25) is 0 Å². The van der Waals surface area contributed by atoms with Crippen LogP contribution in [0.3, 0.4) is 0 Å². The maximum atomic E-state index is 13.6. The molecule has 3 atom stereocenters. The molecule has 2 heterocycles. The van der Waals surface area contributed by atoms with Crippen LogP contribution in [-0.4, -0.2) is 95.5 Å². The zero-order valence-corrected chi connectivity index (χ0v) is 21.9. The number of ether oxygens (including phenoxy) is 1. The smallest absolute Gasteiger partial charge is 0.259 e. The van der Waals surface area contributed by atoms with Crippen molar-refractivity contribution in [3.05, 3.63) is 47.7 Å². The second kappa shape index (κ2) is 11.5. The van der Waals surface area contributed by atoms with E-state index in [1.807, 2.05) is 26.0 Å². The van der Waals surface area contributed by atoms with E-state index in [1.165, 1.54) is 4.90 Å². The van der Waals surface area contributed by atoms with E-state index in [0.717, 1.165) is 5.56 Å². The zero-order valence-electron chi connectivity index (χ0n) is 21.9. The van der Waals surface area contributed by atoms with E-state index < -0.39 is 6.04 Å². The number of aliphatic hydroxyl groups is 1. The molecule has 0 saturated heterocycles. The minimum atomic E-state index is -0.401. The number of rotatable bonds is 7. The standard InChI is InChI=1S/C27H36N4O5/c1-7-24(33)30(6)15-23-17(2)14-31(18(3)16-32)27(35)22-12-21(13-28-25(22)36-23)19-8-10-20(11-9-19)26(34)29(4)5/h8-13,17-18,23,32H,7,14-16H2,1-6H3/t17-,18+,23-/m1/s1. The van der Waals surface area contributed by atoms with Crippen molar-refractivity contribution in [3.63, 3.8) is 0 Å². The van der Waals surface area contributed by atoms with Gasteiger partial charge in [0.05, 0.1) is 19.2 Å². The van der Waals surface area contributed by atoms with Gasteiger partial charge in [0.2, 0.25) is 11.8 Å². The Bertz CT molecular complexity index is 1100. The number of hydrogen-bond donors (Lipinski definition) is 1. The van der Waals surface area contributed by atoms with Gasteiger partial charge in [0, 0.05) is 57.4 Å². The Balaban J connectivity index is 2.01. The average Bonchev–Trinajstić information content (AvgIpc) is 2.88. The van der Waals surface area contributed by atoms with Gasteiger partial charge in [-0.25, -0.2) is 4.98 Å². The van der Waals surface area contributed by atoms with E-state index in [9.17, 15) is 19.5 Å². The molecule has 0 radical (unpaired) electrons. The number of hydrogen-bond acceptors (Lipinski definition) is 6. The fourth-order valence-electron chi connectivity index (χ4n) is 4.18. The summed E-state index contributed by atoms with van der Waals surface area (Å²) < 4.78 is 6.25. The Kier molecular flexibility index (Phi) is 8.68. The summed E-state index contributed by atoms with van der Waals surface area (Å²) in [7, 11) is 5.13. The lowest BCUT2D eigenvalue weighted by atomic mass is 9.98. The molecule has 0 saturated carbocycles. The van der Waals surface area contributed by atoms with Crippen LogP contribution in [0.25, 0.3) is 11.1 Å². The van der Waals surface area contributed by atoms with Crippen LogP contribution in [0.4, 0.5) is 0 Å². The number of carbonyl (C=O) groups excluding carboxylic acids is 3. The summed E-state index contributed by atoms with van der Waals surface area (Å²) in [5.74, 6) is -0.270. The molecule has 1 aliphatic rings. The molecule has 1 N–H and O–H groups in total. The number of nitrogens with zero attached hydrogens (tertiary/aromatic N) is 4. The van der Waals surface area contributed by atoms with Crippen LogP contribution in [0.5, 0.6) is 5.88 Å². The SMILES string of the molecule is CCC(=O)N(C)C[C@H]1Oc2ncc(-c3ccc(C(=O)N(C)C)cc3)cc2C(=O)N([C@@H](C)CO)C[C@H]1C. The third kappa shape index (κ3) is 5.84. The molecule has 0 spiro atoms. The summed E-state index contributed by atoms with van der Waals surface area (Å²) >= 11 is 0. The normalized spacial score (nSPS) is 18.4. The number of likely N-dealkylation sites (N-methyl/N-ethyl adjacent to an activating group) is 1. The molecule has 3 rings (SSSR count). The van der Waals surface area contributed by atoms with Crippen LogP contribution < -0.4 is 4.74 Å². The quantitative estimate of drug-likeness (QED) is 0.632. The van der Waals surface area contributed by atoms with Gasteiger partial charge in [-0.15, -0.1) is 0 Å². The molecular formula is C27H36N4O5. The number of aliphatic hydroxyl groups excluding tert-OH is 1. The van der Waals surface area contributed by atoms with Crippen molar-refractivity contribution < 1.29 is 24.2 Å². The molecule has 0 fully saturated rings. The van der Waals surface area contributed by atoms with Gasteiger partial charge >= 0.3 is 0 Å². The van der Waals surface area contributed by atoms with E-state index in [2.05, 4.69) is 4.98 Å². The maximum absolute atomic E-state index is 13.6. The van der Waals surface area contributed by atoms with Crippen LogP contribution in [0, 0.1) is 5.92 Å². The monoisotopic (exact) mass is 496 g/mol. The summed E-state index contributed by atoms with van der Waals surface area (Å²) in [4.78, 5) is 47.3. The van der Waals surface area contributed by atoms with E-state index >= 15 is 0 Å². The molecule has 36 heavy (non-hydrogen) atoms. The van der Waals surface area contributed by atoms with E-state index in [0.29, 0.717) is 36.2 Å². The van der Waals surface area contributed by atoms with Crippen LogP contribution in [0.15, 0.2) is 36.5 Å². The van der Waals surface area contributed by atoms with E-state index in [4.69, 9.17) is 4.74 Å². The summed E-state index contributed by atoms with van der Waals surface area (Å²) in [6.07, 6.45) is 1.64. The van der Waals surface area contributed by atoms with Gasteiger partial charge in [-0.3, -0.25) is 14.4 Å². The largest absolute Gasteiger partial charge is 0.472 e. The van der Waals surface area contributed by atoms with Gasteiger partial charge in [0.1, 0.15) is 11.7 Å². The van der Waals surface area contributed by atoms with Gasteiger partial charge in [-0.05, 0) is 30.7 Å². The van der Waals surface area contributed by atoms with E-state index in [1.54, 1.807) is 62.3 Å². The van der Waals surface area contributed by atoms with E-state index in [-0.39, 0.29) is 42.2 Å². The predicted molar refractivity (Wildman–Crippen MR) is 137 cm³/mol. The lowest BCUT2D eigenvalue weighted by molar-refractivity contribution is -0.131. The predicted octanol–water partition coefficient (Wildman–Crippen LogP) is 2.54. The first kappa shape index (κ1) is 27.1. The van der Waals surface area contributed by atoms with Crippen molar-refractivity contribution in [1.29, 1.82) is 0 Å². The summed E-state index contributed by atoms with van der Waals surface area (Å²) in [5.41, 5.74) is 2.36. The fourth-order valence-corrected chi connectivity index (χ4v) is 4.18. The Labute approximate surface area is 212 Å². The zero-order chi connectivity index (χ0) is 26.6.